The number of carbonyl (C=O) groups excluding carboxylic acids is 1. The Morgan fingerprint density at radius 2 is 1.79 bits per heavy atom. The minimum absolute atomic E-state index is 0.0802. The molecule has 0 fully saturated rings. The zero-order chi connectivity index (χ0) is 17.4. The van der Waals surface area contributed by atoms with Crippen molar-refractivity contribution in [3.63, 3.8) is 0 Å². The molecule has 0 atom stereocenters. The van der Waals surface area contributed by atoms with Gasteiger partial charge in [-0.15, -0.1) is 0 Å². The minimum Gasteiger partial charge on any atom is -0.491 e. The van der Waals surface area contributed by atoms with Crippen LogP contribution in [0.4, 0.5) is 11.4 Å². The van der Waals surface area contributed by atoms with Crippen LogP contribution < -0.4 is 15.4 Å². The fraction of sp³-hybridized carbons (Fsp3) is 0.350. The predicted octanol–water partition coefficient (Wildman–Crippen LogP) is 4.53. The first-order valence-electron chi connectivity index (χ1n) is 8.42. The third-order valence-electron chi connectivity index (χ3n) is 3.59. The van der Waals surface area contributed by atoms with Gasteiger partial charge >= 0.3 is 0 Å². The Labute approximate surface area is 144 Å². The van der Waals surface area contributed by atoms with Crippen LogP contribution >= 0.6 is 0 Å². The van der Waals surface area contributed by atoms with E-state index in [0.717, 1.165) is 41.1 Å². The van der Waals surface area contributed by atoms with Gasteiger partial charge < -0.3 is 15.4 Å². The maximum absolute atomic E-state index is 12.2. The first-order chi connectivity index (χ1) is 11.6. The summed E-state index contributed by atoms with van der Waals surface area (Å²) in [5, 5.41) is 6.08. The van der Waals surface area contributed by atoms with E-state index in [4.69, 9.17) is 4.74 Å². The molecule has 0 saturated heterocycles. The lowest BCUT2D eigenvalue weighted by Crippen LogP contribution is -2.22. The molecule has 0 aliphatic heterocycles. The number of rotatable bonds is 8. The maximum atomic E-state index is 12.2. The maximum Gasteiger partial charge on any atom is 0.243 e. The SMILES string of the molecule is CCCCOc1ccccc1NCC(=O)Nc1cc(C)cc(C)c1. The van der Waals surface area contributed by atoms with Gasteiger partial charge in [0.15, 0.2) is 0 Å². The number of hydrogen-bond acceptors (Lipinski definition) is 3. The zero-order valence-electron chi connectivity index (χ0n) is 14.7. The molecule has 2 aromatic rings. The van der Waals surface area contributed by atoms with E-state index in [1.165, 1.54) is 0 Å². The fourth-order valence-corrected chi connectivity index (χ4v) is 2.49. The van der Waals surface area contributed by atoms with Crippen molar-refractivity contribution in [1.29, 1.82) is 0 Å². The average Bonchev–Trinajstić information content (AvgIpc) is 2.53. The Morgan fingerprint density at radius 3 is 2.50 bits per heavy atom. The molecule has 2 rings (SSSR count). The Morgan fingerprint density at radius 1 is 1.08 bits per heavy atom. The summed E-state index contributed by atoms with van der Waals surface area (Å²) in [5.41, 5.74) is 3.93. The summed E-state index contributed by atoms with van der Waals surface area (Å²) in [6.07, 6.45) is 2.11. The molecule has 4 heteroatoms. The third-order valence-corrected chi connectivity index (χ3v) is 3.59. The van der Waals surface area contributed by atoms with E-state index in [2.05, 4.69) is 23.6 Å². The molecule has 0 spiro atoms. The summed E-state index contributed by atoms with van der Waals surface area (Å²) in [7, 11) is 0. The molecule has 0 aromatic heterocycles. The average molecular weight is 326 g/mol. The second-order valence-electron chi connectivity index (χ2n) is 5.98. The highest BCUT2D eigenvalue weighted by Crippen LogP contribution is 2.23. The quantitative estimate of drug-likeness (QED) is 0.701. The molecule has 0 aliphatic carbocycles. The summed E-state index contributed by atoms with van der Waals surface area (Å²) < 4.78 is 5.77. The van der Waals surface area contributed by atoms with Crippen molar-refractivity contribution in [2.75, 3.05) is 23.8 Å². The number of ether oxygens (including phenoxy) is 1. The first kappa shape index (κ1) is 17.9. The summed E-state index contributed by atoms with van der Waals surface area (Å²) in [6.45, 7) is 7.05. The van der Waals surface area contributed by atoms with Crippen LogP contribution in [0.25, 0.3) is 0 Å². The normalized spacial score (nSPS) is 10.3. The number of unbranched alkanes of at least 4 members (excludes halogenated alkanes) is 1. The fourth-order valence-electron chi connectivity index (χ4n) is 2.49. The Bertz CT molecular complexity index is 663. The lowest BCUT2D eigenvalue weighted by Gasteiger charge is -2.13. The van der Waals surface area contributed by atoms with E-state index in [0.29, 0.717) is 6.61 Å². The number of anilines is 2. The van der Waals surface area contributed by atoms with Crippen LogP contribution in [0, 0.1) is 13.8 Å². The van der Waals surface area contributed by atoms with Gasteiger partial charge in [0, 0.05) is 5.69 Å². The Balaban J connectivity index is 1.91. The van der Waals surface area contributed by atoms with Crippen LogP contribution in [-0.2, 0) is 4.79 Å². The highest BCUT2D eigenvalue weighted by molar-refractivity contribution is 5.94. The third kappa shape index (κ3) is 5.61. The molecule has 4 nitrogen and oxygen atoms in total. The predicted molar refractivity (Wildman–Crippen MR) is 99.9 cm³/mol. The second kappa shape index (κ2) is 8.96. The largest absolute Gasteiger partial charge is 0.491 e. The van der Waals surface area contributed by atoms with Gasteiger partial charge in [-0.25, -0.2) is 0 Å². The summed E-state index contributed by atoms with van der Waals surface area (Å²) in [6, 6.07) is 13.7. The first-order valence-corrected chi connectivity index (χ1v) is 8.42. The van der Waals surface area contributed by atoms with E-state index in [1.807, 2.05) is 50.2 Å². The number of amides is 1. The summed E-state index contributed by atoms with van der Waals surface area (Å²) in [4.78, 5) is 12.2. The highest BCUT2D eigenvalue weighted by Gasteiger charge is 2.06. The van der Waals surface area contributed by atoms with Crippen LogP contribution in [0.5, 0.6) is 5.75 Å². The Kier molecular flexibility index (Phi) is 6.67. The van der Waals surface area contributed by atoms with E-state index >= 15 is 0 Å². The topological polar surface area (TPSA) is 50.4 Å². The van der Waals surface area contributed by atoms with Gasteiger partial charge in [0.1, 0.15) is 5.75 Å². The van der Waals surface area contributed by atoms with Crippen molar-refractivity contribution in [3.8, 4) is 5.75 Å². The van der Waals surface area contributed by atoms with E-state index < -0.39 is 0 Å². The van der Waals surface area contributed by atoms with E-state index in [9.17, 15) is 4.79 Å². The van der Waals surface area contributed by atoms with Crippen molar-refractivity contribution >= 4 is 17.3 Å². The molecule has 24 heavy (non-hydrogen) atoms. The monoisotopic (exact) mass is 326 g/mol. The van der Waals surface area contributed by atoms with Gasteiger partial charge in [-0.05, 0) is 55.7 Å². The number of benzene rings is 2. The van der Waals surface area contributed by atoms with Crippen molar-refractivity contribution in [2.24, 2.45) is 0 Å². The molecular weight excluding hydrogens is 300 g/mol. The van der Waals surface area contributed by atoms with Crippen molar-refractivity contribution in [3.05, 3.63) is 53.6 Å². The van der Waals surface area contributed by atoms with Crippen molar-refractivity contribution in [2.45, 2.75) is 33.6 Å². The number of carbonyl (C=O) groups is 1. The van der Waals surface area contributed by atoms with Crippen molar-refractivity contribution < 1.29 is 9.53 Å². The molecule has 0 bridgehead atoms. The van der Waals surface area contributed by atoms with Gasteiger partial charge in [-0.1, -0.05) is 31.5 Å². The number of para-hydroxylation sites is 2. The standard InChI is InChI=1S/C20H26N2O2/c1-4-5-10-24-19-9-7-6-8-18(19)21-14-20(23)22-17-12-15(2)11-16(3)13-17/h6-9,11-13,21H,4-5,10,14H2,1-3H3,(H,22,23). The molecular formula is C20H26N2O2. The van der Waals surface area contributed by atoms with Gasteiger partial charge in [-0.3, -0.25) is 4.79 Å². The zero-order valence-corrected chi connectivity index (χ0v) is 14.7. The van der Waals surface area contributed by atoms with Gasteiger partial charge in [0.2, 0.25) is 5.91 Å². The molecule has 2 aromatic carbocycles. The number of aryl methyl sites for hydroxylation is 2. The van der Waals surface area contributed by atoms with Gasteiger partial charge in [0.25, 0.3) is 0 Å². The van der Waals surface area contributed by atoms with E-state index in [1.54, 1.807) is 0 Å². The molecule has 0 saturated carbocycles. The molecule has 1 amide bonds. The number of hydrogen-bond donors (Lipinski definition) is 2. The molecule has 0 radical (unpaired) electrons. The molecule has 0 heterocycles. The summed E-state index contributed by atoms with van der Waals surface area (Å²) >= 11 is 0. The molecule has 128 valence electrons. The molecule has 0 aliphatic rings. The lowest BCUT2D eigenvalue weighted by atomic mass is 10.1. The highest BCUT2D eigenvalue weighted by atomic mass is 16.5. The Hall–Kier alpha value is -2.49. The van der Waals surface area contributed by atoms with Crippen molar-refractivity contribution in [1.82, 2.24) is 0 Å². The second-order valence-corrected chi connectivity index (χ2v) is 5.98. The number of nitrogens with one attached hydrogen (secondary N) is 2. The summed E-state index contributed by atoms with van der Waals surface area (Å²) in [5.74, 6) is 0.702. The van der Waals surface area contributed by atoms with Crippen LogP contribution in [0.2, 0.25) is 0 Å². The molecule has 0 unspecified atom stereocenters. The van der Waals surface area contributed by atoms with Crippen LogP contribution in [0.1, 0.15) is 30.9 Å². The minimum atomic E-state index is -0.0802. The molecule has 2 N–H and O–H groups in total. The van der Waals surface area contributed by atoms with Crippen LogP contribution in [-0.4, -0.2) is 19.1 Å². The lowest BCUT2D eigenvalue weighted by molar-refractivity contribution is -0.114. The smallest absolute Gasteiger partial charge is 0.243 e. The van der Waals surface area contributed by atoms with Gasteiger partial charge in [-0.2, -0.15) is 0 Å². The van der Waals surface area contributed by atoms with Crippen LogP contribution in [0.15, 0.2) is 42.5 Å². The van der Waals surface area contributed by atoms with E-state index in [-0.39, 0.29) is 12.5 Å². The van der Waals surface area contributed by atoms with Crippen LogP contribution in [0.3, 0.4) is 0 Å². The van der Waals surface area contributed by atoms with Gasteiger partial charge in [0.05, 0.1) is 18.8 Å².